The number of benzene rings is 1. The average molecular weight is 280 g/mol. The Kier molecular flexibility index (Phi) is 4.44. The van der Waals surface area contributed by atoms with Gasteiger partial charge in [-0.05, 0) is 32.6 Å². The summed E-state index contributed by atoms with van der Waals surface area (Å²) in [7, 11) is 3.85. The van der Waals surface area contributed by atoms with Gasteiger partial charge in [-0.3, -0.25) is 0 Å². The highest BCUT2D eigenvalue weighted by atomic mass is 32.1. The Balaban J connectivity index is 1.99. The van der Waals surface area contributed by atoms with Gasteiger partial charge in [0, 0.05) is 18.7 Å². The standard InChI is InChI=1S/C13H17FN4S/c1-9-16-17-13(19-9)15-7-10-4-5-11(8-18(2)3)12(14)6-10/h4-6H,7-8H2,1-3H3,(H,15,17). The van der Waals surface area contributed by atoms with Crippen molar-refractivity contribution in [2.45, 2.75) is 20.0 Å². The molecule has 2 rings (SSSR count). The van der Waals surface area contributed by atoms with Crippen molar-refractivity contribution in [2.75, 3.05) is 19.4 Å². The fraction of sp³-hybridized carbons (Fsp3) is 0.385. The minimum atomic E-state index is -0.165. The molecule has 1 aromatic carbocycles. The fourth-order valence-corrected chi connectivity index (χ4v) is 2.30. The maximum Gasteiger partial charge on any atom is 0.205 e. The summed E-state index contributed by atoms with van der Waals surface area (Å²) in [6.45, 7) is 3.06. The van der Waals surface area contributed by atoms with Crippen LogP contribution >= 0.6 is 11.3 Å². The molecule has 1 N–H and O–H groups in total. The van der Waals surface area contributed by atoms with Crippen LogP contribution in [0.25, 0.3) is 0 Å². The van der Waals surface area contributed by atoms with Crippen LogP contribution in [0.5, 0.6) is 0 Å². The highest BCUT2D eigenvalue weighted by Gasteiger charge is 2.05. The summed E-state index contributed by atoms with van der Waals surface area (Å²) in [5.41, 5.74) is 1.60. The molecule has 2 aromatic rings. The third-order valence-electron chi connectivity index (χ3n) is 2.57. The number of rotatable bonds is 5. The van der Waals surface area contributed by atoms with E-state index >= 15 is 0 Å². The van der Waals surface area contributed by atoms with Gasteiger partial charge < -0.3 is 10.2 Å². The molecule has 6 heteroatoms. The lowest BCUT2D eigenvalue weighted by atomic mass is 10.1. The van der Waals surface area contributed by atoms with Gasteiger partial charge in [-0.15, -0.1) is 10.2 Å². The quantitative estimate of drug-likeness (QED) is 0.914. The van der Waals surface area contributed by atoms with E-state index < -0.39 is 0 Å². The first-order valence-corrected chi connectivity index (χ1v) is 6.82. The molecule has 0 aliphatic heterocycles. The molecule has 0 aliphatic rings. The second-order valence-corrected chi connectivity index (χ2v) is 5.82. The Morgan fingerprint density at radius 1 is 1.32 bits per heavy atom. The molecule has 19 heavy (non-hydrogen) atoms. The molecule has 1 heterocycles. The summed E-state index contributed by atoms with van der Waals surface area (Å²) in [5.74, 6) is -0.165. The van der Waals surface area contributed by atoms with Gasteiger partial charge in [0.1, 0.15) is 10.8 Å². The van der Waals surface area contributed by atoms with E-state index in [0.29, 0.717) is 18.7 Å². The monoisotopic (exact) mass is 280 g/mol. The smallest absolute Gasteiger partial charge is 0.205 e. The molecule has 1 aromatic heterocycles. The first kappa shape index (κ1) is 13.9. The number of hydrogen-bond acceptors (Lipinski definition) is 5. The zero-order valence-electron chi connectivity index (χ0n) is 11.3. The van der Waals surface area contributed by atoms with Crippen LogP contribution in [0.1, 0.15) is 16.1 Å². The Labute approximate surface area is 116 Å². The Morgan fingerprint density at radius 2 is 2.11 bits per heavy atom. The molecule has 0 atom stereocenters. The van der Waals surface area contributed by atoms with E-state index in [1.54, 1.807) is 6.07 Å². The van der Waals surface area contributed by atoms with Crippen LogP contribution in [0.15, 0.2) is 18.2 Å². The van der Waals surface area contributed by atoms with E-state index in [2.05, 4.69) is 15.5 Å². The largest absolute Gasteiger partial charge is 0.356 e. The van der Waals surface area contributed by atoms with Crippen LogP contribution in [-0.2, 0) is 13.1 Å². The maximum atomic E-state index is 13.9. The zero-order valence-corrected chi connectivity index (χ0v) is 12.1. The predicted octanol–water partition coefficient (Wildman–Crippen LogP) is 2.66. The molecule has 0 unspecified atom stereocenters. The van der Waals surface area contributed by atoms with E-state index in [0.717, 1.165) is 15.7 Å². The topological polar surface area (TPSA) is 41.1 Å². The average Bonchev–Trinajstić information content (AvgIpc) is 2.75. The Morgan fingerprint density at radius 3 is 2.68 bits per heavy atom. The van der Waals surface area contributed by atoms with E-state index in [1.807, 2.05) is 38.1 Å². The molecule has 0 fully saturated rings. The summed E-state index contributed by atoms with van der Waals surface area (Å²) in [6.07, 6.45) is 0. The van der Waals surface area contributed by atoms with Crippen LogP contribution in [0.2, 0.25) is 0 Å². The van der Waals surface area contributed by atoms with Gasteiger partial charge >= 0.3 is 0 Å². The lowest BCUT2D eigenvalue weighted by molar-refractivity contribution is 0.392. The molecular weight excluding hydrogens is 263 g/mol. The van der Waals surface area contributed by atoms with Crippen molar-refractivity contribution in [1.29, 1.82) is 0 Å². The second-order valence-electron chi connectivity index (χ2n) is 4.64. The van der Waals surface area contributed by atoms with Gasteiger partial charge in [0.2, 0.25) is 5.13 Å². The molecule has 0 bridgehead atoms. The first-order chi connectivity index (χ1) is 9.04. The number of halogens is 1. The van der Waals surface area contributed by atoms with Crippen molar-refractivity contribution in [2.24, 2.45) is 0 Å². The molecule has 0 amide bonds. The van der Waals surface area contributed by atoms with Crippen LogP contribution < -0.4 is 5.32 Å². The molecule has 0 saturated carbocycles. The SMILES string of the molecule is Cc1nnc(NCc2ccc(CN(C)C)c(F)c2)s1. The van der Waals surface area contributed by atoms with E-state index in [9.17, 15) is 4.39 Å². The van der Waals surface area contributed by atoms with Crippen LogP contribution in [-0.4, -0.2) is 29.2 Å². The molecule has 0 saturated heterocycles. The first-order valence-electron chi connectivity index (χ1n) is 6.00. The molecule has 0 spiro atoms. The number of aromatic nitrogens is 2. The van der Waals surface area contributed by atoms with Crippen LogP contribution in [0.3, 0.4) is 0 Å². The van der Waals surface area contributed by atoms with Crippen molar-refractivity contribution >= 4 is 16.5 Å². The van der Waals surface area contributed by atoms with E-state index in [1.165, 1.54) is 11.3 Å². The highest BCUT2D eigenvalue weighted by Crippen LogP contribution is 2.16. The number of anilines is 1. The number of nitrogens with zero attached hydrogens (tertiary/aromatic N) is 3. The minimum absolute atomic E-state index is 0.165. The second kappa shape index (κ2) is 6.08. The van der Waals surface area contributed by atoms with Crippen LogP contribution in [0, 0.1) is 12.7 Å². The molecule has 102 valence electrons. The van der Waals surface area contributed by atoms with Crippen molar-refractivity contribution in [3.8, 4) is 0 Å². The van der Waals surface area contributed by atoms with Crippen molar-refractivity contribution < 1.29 is 4.39 Å². The molecule has 0 aliphatic carbocycles. The fourth-order valence-electron chi connectivity index (χ4n) is 1.72. The summed E-state index contributed by atoms with van der Waals surface area (Å²) < 4.78 is 13.9. The number of hydrogen-bond donors (Lipinski definition) is 1. The summed E-state index contributed by atoms with van der Waals surface area (Å²) in [5, 5.41) is 12.7. The van der Waals surface area contributed by atoms with Crippen molar-refractivity contribution in [3.05, 3.63) is 40.2 Å². The summed E-state index contributed by atoms with van der Waals surface area (Å²) in [4.78, 5) is 1.94. The van der Waals surface area contributed by atoms with Crippen molar-refractivity contribution in [3.63, 3.8) is 0 Å². The van der Waals surface area contributed by atoms with Gasteiger partial charge in [-0.1, -0.05) is 23.5 Å². The van der Waals surface area contributed by atoms with Gasteiger partial charge in [0.05, 0.1) is 0 Å². The van der Waals surface area contributed by atoms with Crippen LogP contribution in [0.4, 0.5) is 9.52 Å². The molecule has 0 radical (unpaired) electrons. The highest BCUT2D eigenvalue weighted by molar-refractivity contribution is 7.15. The third kappa shape index (κ3) is 3.97. The van der Waals surface area contributed by atoms with Gasteiger partial charge in [-0.2, -0.15) is 0 Å². The van der Waals surface area contributed by atoms with Gasteiger partial charge in [-0.25, -0.2) is 4.39 Å². The van der Waals surface area contributed by atoms with Gasteiger partial charge in [0.15, 0.2) is 0 Å². The van der Waals surface area contributed by atoms with Gasteiger partial charge in [0.25, 0.3) is 0 Å². The number of aryl methyl sites for hydroxylation is 1. The lowest BCUT2D eigenvalue weighted by Gasteiger charge is -2.11. The van der Waals surface area contributed by atoms with E-state index in [4.69, 9.17) is 0 Å². The zero-order chi connectivity index (χ0) is 13.8. The minimum Gasteiger partial charge on any atom is -0.356 e. The third-order valence-corrected chi connectivity index (χ3v) is 3.37. The Bertz CT molecular complexity index is 553. The number of nitrogens with one attached hydrogen (secondary N) is 1. The molecule has 4 nitrogen and oxygen atoms in total. The summed E-state index contributed by atoms with van der Waals surface area (Å²) in [6, 6.07) is 5.33. The summed E-state index contributed by atoms with van der Waals surface area (Å²) >= 11 is 1.49. The Hall–Kier alpha value is -1.53. The predicted molar refractivity (Wildman–Crippen MR) is 75.8 cm³/mol. The van der Waals surface area contributed by atoms with Crippen molar-refractivity contribution in [1.82, 2.24) is 15.1 Å². The molecular formula is C13H17FN4S. The normalized spacial score (nSPS) is 11.0. The lowest BCUT2D eigenvalue weighted by Crippen LogP contribution is -2.12. The van der Waals surface area contributed by atoms with E-state index in [-0.39, 0.29) is 5.82 Å². The maximum absolute atomic E-state index is 13.9.